The lowest BCUT2D eigenvalue weighted by Crippen LogP contribution is -2.40. The topological polar surface area (TPSA) is 89.4 Å². The Morgan fingerprint density at radius 2 is 1.52 bits per heavy atom. The molecule has 0 aromatic heterocycles. The molecule has 0 spiro atoms. The molecule has 0 fully saturated rings. The highest BCUT2D eigenvalue weighted by Crippen LogP contribution is 2.35. The molecule has 3 N–H and O–H groups in total. The van der Waals surface area contributed by atoms with Gasteiger partial charge in [0.25, 0.3) is 0 Å². The van der Waals surface area contributed by atoms with Crippen LogP contribution in [0.15, 0.2) is 10.1 Å². The zero-order valence-corrected chi connectivity index (χ0v) is 19.1. The SMILES string of the molecule is CCC(C)(C)OCC(C)(C)OCC(C)(C)CC(C)(C)/C(C=NCCO)=N/N. The fourth-order valence-electron chi connectivity index (χ4n) is 2.83. The van der Waals surface area contributed by atoms with Crippen molar-refractivity contribution < 1.29 is 14.6 Å². The Morgan fingerprint density at radius 1 is 0.963 bits per heavy atom. The van der Waals surface area contributed by atoms with Crippen molar-refractivity contribution in [3.05, 3.63) is 0 Å². The normalized spacial score (nSPS) is 15.0. The predicted molar refractivity (Wildman–Crippen MR) is 115 cm³/mol. The molecule has 0 saturated carbocycles. The third kappa shape index (κ3) is 10.8. The Balaban J connectivity index is 4.86. The van der Waals surface area contributed by atoms with E-state index in [1.165, 1.54) is 0 Å². The van der Waals surface area contributed by atoms with E-state index in [1.54, 1.807) is 6.21 Å². The first kappa shape index (κ1) is 26.0. The minimum absolute atomic E-state index is 0.0140. The summed E-state index contributed by atoms with van der Waals surface area (Å²) in [5.41, 5.74) is -0.121. The molecule has 0 aromatic rings. The second kappa shape index (κ2) is 10.5. The Kier molecular flexibility index (Phi) is 10.2. The Labute approximate surface area is 166 Å². The number of ether oxygens (including phenoxy) is 2. The molecule has 0 atom stereocenters. The van der Waals surface area contributed by atoms with Crippen LogP contribution in [-0.2, 0) is 9.47 Å². The monoisotopic (exact) mass is 385 g/mol. The molecule has 6 heteroatoms. The highest BCUT2D eigenvalue weighted by atomic mass is 16.6. The van der Waals surface area contributed by atoms with Gasteiger partial charge in [0, 0.05) is 11.6 Å². The van der Waals surface area contributed by atoms with Gasteiger partial charge in [-0.25, -0.2) is 0 Å². The fourth-order valence-corrected chi connectivity index (χ4v) is 2.83. The Bertz CT molecular complexity index is 495. The van der Waals surface area contributed by atoms with Crippen LogP contribution >= 0.6 is 0 Å². The van der Waals surface area contributed by atoms with Crippen LogP contribution in [-0.4, -0.2) is 54.6 Å². The van der Waals surface area contributed by atoms with Crippen molar-refractivity contribution in [2.75, 3.05) is 26.4 Å². The second-order valence-corrected chi connectivity index (χ2v) is 9.95. The minimum atomic E-state index is -0.360. The zero-order valence-electron chi connectivity index (χ0n) is 19.1. The summed E-state index contributed by atoms with van der Waals surface area (Å²) in [6, 6.07) is 0. The molecule has 27 heavy (non-hydrogen) atoms. The van der Waals surface area contributed by atoms with Gasteiger partial charge in [-0.3, -0.25) is 4.99 Å². The molecular formula is C21H43N3O3. The number of hydrogen-bond donors (Lipinski definition) is 2. The van der Waals surface area contributed by atoms with Crippen molar-refractivity contribution in [1.29, 1.82) is 0 Å². The van der Waals surface area contributed by atoms with Crippen LogP contribution in [0.3, 0.4) is 0 Å². The number of nitrogens with zero attached hydrogens (tertiary/aromatic N) is 2. The molecule has 0 aliphatic carbocycles. The van der Waals surface area contributed by atoms with Gasteiger partial charge < -0.3 is 20.4 Å². The van der Waals surface area contributed by atoms with Gasteiger partial charge in [-0.2, -0.15) is 5.10 Å². The van der Waals surface area contributed by atoms with Crippen LogP contribution in [0.5, 0.6) is 0 Å². The van der Waals surface area contributed by atoms with Gasteiger partial charge in [-0.05, 0) is 46.0 Å². The first-order chi connectivity index (χ1) is 12.2. The lowest BCUT2D eigenvalue weighted by atomic mass is 9.73. The third-order valence-electron chi connectivity index (χ3n) is 4.71. The number of nitrogens with two attached hydrogens (primary N) is 1. The summed E-state index contributed by atoms with van der Waals surface area (Å²) < 4.78 is 12.3. The standard InChI is InChI=1S/C21H43N3O3/c1-10-20(6,7)27-16-21(8,9)26-15-18(2,3)14-19(4,5)17(24-22)13-23-11-12-25/h13,25H,10-12,14-16,22H2,1-9H3/b23-13?,24-17+. The number of hydrazone groups is 1. The average molecular weight is 386 g/mol. The van der Waals surface area contributed by atoms with Gasteiger partial charge in [-0.1, -0.05) is 34.6 Å². The molecule has 0 aliphatic heterocycles. The van der Waals surface area contributed by atoms with E-state index < -0.39 is 0 Å². The molecule has 0 bridgehead atoms. The van der Waals surface area contributed by atoms with E-state index in [0.29, 0.717) is 19.8 Å². The average Bonchev–Trinajstić information content (AvgIpc) is 2.55. The molecule has 0 aromatic carbocycles. The van der Waals surface area contributed by atoms with Crippen LogP contribution in [0.1, 0.15) is 75.2 Å². The molecule has 0 aliphatic rings. The second-order valence-electron chi connectivity index (χ2n) is 9.95. The van der Waals surface area contributed by atoms with Crippen molar-refractivity contribution in [3.8, 4) is 0 Å². The van der Waals surface area contributed by atoms with E-state index in [0.717, 1.165) is 18.6 Å². The highest BCUT2D eigenvalue weighted by Gasteiger charge is 2.34. The molecule has 6 nitrogen and oxygen atoms in total. The van der Waals surface area contributed by atoms with E-state index in [2.05, 4.69) is 72.4 Å². The molecule has 0 amide bonds. The van der Waals surface area contributed by atoms with E-state index in [-0.39, 0.29) is 28.6 Å². The molecular weight excluding hydrogens is 342 g/mol. The Morgan fingerprint density at radius 3 is 2.00 bits per heavy atom. The number of aliphatic hydroxyl groups is 1. The molecule has 160 valence electrons. The van der Waals surface area contributed by atoms with E-state index in [1.807, 2.05) is 0 Å². The smallest absolute Gasteiger partial charge is 0.0859 e. The lowest BCUT2D eigenvalue weighted by molar-refractivity contribution is -0.136. The van der Waals surface area contributed by atoms with Crippen LogP contribution < -0.4 is 5.84 Å². The van der Waals surface area contributed by atoms with Crippen molar-refractivity contribution in [2.45, 2.75) is 86.4 Å². The maximum atomic E-state index is 8.89. The number of aliphatic imine (C=N–C) groups is 1. The van der Waals surface area contributed by atoms with Gasteiger partial charge in [0.05, 0.1) is 43.3 Å². The van der Waals surface area contributed by atoms with Crippen molar-refractivity contribution in [2.24, 2.45) is 26.8 Å². The number of aliphatic hydroxyl groups excluding tert-OH is 1. The van der Waals surface area contributed by atoms with Gasteiger partial charge in [0.1, 0.15) is 0 Å². The maximum absolute atomic E-state index is 8.89. The summed E-state index contributed by atoms with van der Waals surface area (Å²) in [5, 5.41) is 12.8. The van der Waals surface area contributed by atoms with Crippen molar-refractivity contribution in [1.82, 2.24) is 0 Å². The first-order valence-corrected chi connectivity index (χ1v) is 9.87. The van der Waals surface area contributed by atoms with Crippen LogP contribution in [0.2, 0.25) is 0 Å². The quantitative estimate of drug-likeness (QED) is 0.287. The summed E-state index contributed by atoms with van der Waals surface area (Å²) in [7, 11) is 0. The third-order valence-corrected chi connectivity index (χ3v) is 4.71. The summed E-state index contributed by atoms with van der Waals surface area (Å²) in [4.78, 5) is 4.16. The largest absolute Gasteiger partial charge is 0.394 e. The van der Waals surface area contributed by atoms with Crippen molar-refractivity contribution >= 4 is 11.9 Å². The van der Waals surface area contributed by atoms with Crippen LogP contribution in [0.25, 0.3) is 0 Å². The minimum Gasteiger partial charge on any atom is -0.394 e. The maximum Gasteiger partial charge on any atom is 0.0859 e. The van der Waals surface area contributed by atoms with Crippen LogP contribution in [0, 0.1) is 10.8 Å². The number of hydrogen-bond acceptors (Lipinski definition) is 6. The van der Waals surface area contributed by atoms with Gasteiger partial charge in [0.15, 0.2) is 0 Å². The van der Waals surface area contributed by atoms with E-state index >= 15 is 0 Å². The molecule has 0 radical (unpaired) electrons. The lowest BCUT2D eigenvalue weighted by Gasteiger charge is -2.38. The summed E-state index contributed by atoms with van der Waals surface area (Å²) >= 11 is 0. The highest BCUT2D eigenvalue weighted by molar-refractivity contribution is 6.32. The summed E-state index contributed by atoms with van der Waals surface area (Å²) in [6.45, 7) is 20.5. The van der Waals surface area contributed by atoms with E-state index in [9.17, 15) is 0 Å². The first-order valence-electron chi connectivity index (χ1n) is 9.87. The van der Waals surface area contributed by atoms with Gasteiger partial charge >= 0.3 is 0 Å². The predicted octanol–water partition coefficient (Wildman–Crippen LogP) is 3.81. The Hall–Kier alpha value is -0.980. The van der Waals surface area contributed by atoms with Gasteiger partial charge in [0.2, 0.25) is 0 Å². The van der Waals surface area contributed by atoms with E-state index in [4.69, 9.17) is 20.4 Å². The summed E-state index contributed by atoms with van der Waals surface area (Å²) in [5.74, 6) is 5.58. The van der Waals surface area contributed by atoms with Crippen molar-refractivity contribution in [3.63, 3.8) is 0 Å². The molecule has 0 unspecified atom stereocenters. The fraction of sp³-hybridized carbons (Fsp3) is 0.905. The number of rotatable bonds is 13. The molecule has 0 heterocycles. The van der Waals surface area contributed by atoms with Gasteiger partial charge in [-0.15, -0.1) is 0 Å². The summed E-state index contributed by atoms with van der Waals surface area (Å²) in [6.07, 6.45) is 3.46. The zero-order chi connectivity index (χ0) is 21.4. The van der Waals surface area contributed by atoms with Crippen LogP contribution in [0.4, 0.5) is 0 Å². The molecule has 0 saturated heterocycles. The molecule has 0 rings (SSSR count).